The zero-order valence-corrected chi connectivity index (χ0v) is 15.1. The Bertz CT molecular complexity index is 896. The molecule has 1 aliphatic rings. The topological polar surface area (TPSA) is 46.6 Å². The summed E-state index contributed by atoms with van der Waals surface area (Å²) in [5, 5.41) is 0. The second kappa shape index (κ2) is 6.52. The van der Waals surface area contributed by atoms with Crippen molar-refractivity contribution >= 4 is 11.3 Å². The molecule has 1 aromatic carbocycles. The molecular weight excluding hydrogens is 308 g/mol. The molecule has 0 spiro atoms. The molecule has 2 aromatic heterocycles. The van der Waals surface area contributed by atoms with Crippen molar-refractivity contribution in [1.29, 1.82) is 0 Å². The highest BCUT2D eigenvalue weighted by Crippen LogP contribution is 2.28. The van der Waals surface area contributed by atoms with Gasteiger partial charge in [-0.25, -0.2) is 4.98 Å². The summed E-state index contributed by atoms with van der Waals surface area (Å²) in [6.45, 7) is 7.72. The number of nitrogen functional groups attached to an aromatic ring is 1. The van der Waals surface area contributed by atoms with E-state index in [0.717, 1.165) is 41.6 Å². The van der Waals surface area contributed by atoms with E-state index >= 15 is 0 Å². The number of likely N-dealkylation sites (tertiary alicyclic amines) is 1. The fraction of sp³-hybridized carbons (Fsp3) is 0.381. The van der Waals surface area contributed by atoms with Crippen LogP contribution in [-0.4, -0.2) is 27.4 Å². The molecular formula is C21H26N4. The summed E-state index contributed by atoms with van der Waals surface area (Å²) in [6.07, 6.45) is 4.77. The summed E-state index contributed by atoms with van der Waals surface area (Å²) in [6, 6.07) is 12.4. The van der Waals surface area contributed by atoms with Crippen molar-refractivity contribution in [3.05, 3.63) is 53.9 Å². The lowest BCUT2D eigenvalue weighted by Gasteiger charge is -2.30. The highest BCUT2D eigenvalue weighted by atomic mass is 15.2. The highest BCUT2D eigenvalue weighted by molar-refractivity contribution is 5.69. The minimum atomic E-state index is 0.769. The van der Waals surface area contributed by atoms with Gasteiger partial charge in [0.15, 0.2) is 0 Å². The smallest absolute Gasteiger partial charge is 0.137 e. The molecule has 1 saturated heterocycles. The van der Waals surface area contributed by atoms with E-state index in [-0.39, 0.29) is 0 Å². The first kappa shape index (κ1) is 16.2. The Kier molecular flexibility index (Phi) is 4.22. The molecule has 1 aliphatic heterocycles. The Hall–Kier alpha value is -2.33. The summed E-state index contributed by atoms with van der Waals surface area (Å²) in [4.78, 5) is 7.51. The second-order valence-electron chi connectivity index (χ2n) is 7.45. The van der Waals surface area contributed by atoms with Gasteiger partial charge >= 0.3 is 0 Å². The van der Waals surface area contributed by atoms with Gasteiger partial charge in [-0.1, -0.05) is 19.1 Å². The maximum absolute atomic E-state index is 6.02. The maximum Gasteiger partial charge on any atom is 0.137 e. The Labute approximate surface area is 149 Å². The van der Waals surface area contributed by atoms with Crippen LogP contribution in [0.5, 0.6) is 0 Å². The predicted molar refractivity (Wildman–Crippen MR) is 103 cm³/mol. The molecule has 3 heterocycles. The van der Waals surface area contributed by atoms with E-state index in [2.05, 4.69) is 47.5 Å². The Morgan fingerprint density at radius 1 is 1.24 bits per heavy atom. The van der Waals surface area contributed by atoms with Crippen molar-refractivity contribution in [3.8, 4) is 11.3 Å². The summed E-state index contributed by atoms with van der Waals surface area (Å²) >= 11 is 0. The molecule has 4 rings (SSSR count). The van der Waals surface area contributed by atoms with Gasteiger partial charge in [0.2, 0.25) is 0 Å². The van der Waals surface area contributed by atoms with Crippen molar-refractivity contribution in [2.45, 2.75) is 33.2 Å². The lowest BCUT2D eigenvalue weighted by atomic mass is 10.00. The number of benzene rings is 1. The molecule has 1 atom stereocenters. The Morgan fingerprint density at radius 3 is 2.92 bits per heavy atom. The number of nitrogens with two attached hydrogens (primary N) is 1. The van der Waals surface area contributed by atoms with Crippen molar-refractivity contribution in [1.82, 2.24) is 14.3 Å². The van der Waals surface area contributed by atoms with Crippen LogP contribution in [0.4, 0.5) is 5.69 Å². The highest BCUT2D eigenvalue weighted by Gasteiger charge is 2.21. The molecule has 130 valence electrons. The number of nitrogens with zero attached hydrogens (tertiary/aromatic N) is 3. The first-order valence-electron chi connectivity index (χ1n) is 9.16. The number of aromatic nitrogens is 2. The molecule has 1 fully saturated rings. The number of pyridine rings is 1. The van der Waals surface area contributed by atoms with Gasteiger partial charge in [-0.15, -0.1) is 0 Å². The predicted octanol–water partition coefficient (Wildman–Crippen LogP) is 4.12. The van der Waals surface area contributed by atoms with Gasteiger partial charge in [0.1, 0.15) is 5.65 Å². The van der Waals surface area contributed by atoms with Crippen LogP contribution in [0.2, 0.25) is 0 Å². The van der Waals surface area contributed by atoms with Gasteiger partial charge < -0.3 is 10.1 Å². The van der Waals surface area contributed by atoms with Gasteiger partial charge in [0.25, 0.3) is 0 Å². The number of aryl methyl sites for hydroxylation is 1. The van der Waals surface area contributed by atoms with Crippen LogP contribution >= 0.6 is 0 Å². The summed E-state index contributed by atoms with van der Waals surface area (Å²) < 4.78 is 2.24. The first-order valence-corrected chi connectivity index (χ1v) is 9.16. The molecule has 0 aliphatic carbocycles. The molecule has 3 aromatic rings. The molecule has 0 saturated carbocycles. The molecule has 2 N–H and O–H groups in total. The maximum atomic E-state index is 6.02. The Morgan fingerprint density at radius 2 is 2.12 bits per heavy atom. The molecule has 4 nitrogen and oxygen atoms in total. The lowest BCUT2D eigenvalue weighted by molar-refractivity contribution is 0.174. The largest absolute Gasteiger partial charge is 0.399 e. The number of imidazole rings is 1. The third kappa shape index (κ3) is 3.27. The third-order valence-corrected chi connectivity index (χ3v) is 5.16. The lowest BCUT2D eigenvalue weighted by Crippen LogP contribution is -2.34. The van der Waals surface area contributed by atoms with Gasteiger partial charge in [-0.05, 0) is 62.1 Å². The molecule has 1 unspecified atom stereocenters. The van der Waals surface area contributed by atoms with Gasteiger partial charge in [-0.3, -0.25) is 4.90 Å². The van der Waals surface area contributed by atoms with E-state index in [4.69, 9.17) is 10.7 Å². The van der Waals surface area contributed by atoms with Crippen LogP contribution in [0.1, 0.15) is 31.0 Å². The number of fused-ring (bicyclic) bond motifs is 1. The zero-order valence-electron chi connectivity index (χ0n) is 15.1. The van der Waals surface area contributed by atoms with Crippen LogP contribution in [0, 0.1) is 12.8 Å². The summed E-state index contributed by atoms with van der Waals surface area (Å²) in [5.74, 6) is 0.769. The summed E-state index contributed by atoms with van der Waals surface area (Å²) in [5.41, 5.74) is 12.5. The monoisotopic (exact) mass is 334 g/mol. The van der Waals surface area contributed by atoms with E-state index in [1.807, 2.05) is 18.2 Å². The van der Waals surface area contributed by atoms with E-state index in [0.29, 0.717) is 0 Å². The van der Waals surface area contributed by atoms with Crippen LogP contribution in [0.15, 0.2) is 42.6 Å². The van der Waals surface area contributed by atoms with E-state index in [1.54, 1.807) is 0 Å². The number of piperidine rings is 1. The molecule has 4 heteroatoms. The SMILES string of the molecule is Cc1ccn2c(CN3CCCC(C)C3)c(-c3cccc(N)c3)nc2c1. The average molecular weight is 334 g/mol. The average Bonchev–Trinajstić information content (AvgIpc) is 2.92. The van der Waals surface area contributed by atoms with Crippen LogP contribution < -0.4 is 5.73 Å². The van der Waals surface area contributed by atoms with Crippen molar-refractivity contribution < 1.29 is 0 Å². The van der Waals surface area contributed by atoms with Crippen LogP contribution in [-0.2, 0) is 6.54 Å². The minimum absolute atomic E-state index is 0.769. The van der Waals surface area contributed by atoms with Crippen molar-refractivity contribution in [3.63, 3.8) is 0 Å². The number of rotatable bonds is 3. The fourth-order valence-electron chi connectivity index (χ4n) is 3.91. The molecule has 25 heavy (non-hydrogen) atoms. The van der Waals surface area contributed by atoms with Gasteiger partial charge in [0.05, 0.1) is 11.4 Å². The second-order valence-corrected chi connectivity index (χ2v) is 7.45. The standard InChI is InChI=1S/C21H26N4/c1-15-8-10-25-19(14-24-9-4-5-16(2)13-24)21(23-20(25)11-15)17-6-3-7-18(22)12-17/h3,6-8,10-12,16H,4-5,9,13-14,22H2,1-2H3. The van der Waals surface area contributed by atoms with Crippen LogP contribution in [0.3, 0.4) is 0 Å². The zero-order chi connectivity index (χ0) is 17.4. The molecule has 0 bridgehead atoms. The third-order valence-electron chi connectivity index (χ3n) is 5.16. The number of anilines is 1. The number of hydrogen-bond donors (Lipinski definition) is 1. The quantitative estimate of drug-likeness (QED) is 0.733. The fourth-order valence-corrected chi connectivity index (χ4v) is 3.91. The first-order chi connectivity index (χ1) is 12.1. The molecule has 0 amide bonds. The van der Waals surface area contributed by atoms with Gasteiger partial charge in [0, 0.05) is 30.5 Å². The Balaban J connectivity index is 1.80. The number of hydrogen-bond acceptors (Lipinski definition) is 3. The van der Waals surface area contributed by atoms with E-state index < -0.39 is 0 Å². The van der Waals surface area contributed by atoms with Gasteiger partial charge in [-0.2, -0.15) is 0 Å². The van der Waals surface area contributed by atoms with E-state index in [9.17, 15) is 0 Å². The molecule has 0 radical (unpaired) electrons. The minimum Gasteiger partial charge on any atom is -0.399 e. The normalized spacial score (nSPS) is 18.7. The summed E-state index contributed by atoms with van der Waals surface area (Å²) in [7, 11) is 0. The van der Waals surface area contributed by atoms with Crippen molar-refractivity contribution in [2.24, 2.45) is 5.92 Å². The van der Waals surface area contributed by atoms with Crippen molar-refractivity contribution in [2.75, 3.05) is 18.8 Å². The van der Waals surface area contributed by atoms with Crippen LogP contribution in [0.25, 0.3) is 16.9 Å². The van der Waals surface area contributed by atoms with E-state index in [1.165, 1.54) is 30.6 Å².